The minimum absolute atomic E-state index is 0.112. The number of nitrogens with zero attached hydrogens (tertiary/aromatic N) is 3. The summed E-state index contributed by atoms with van der Waals surface area (Å²) in [4.78, 5) is 14.9. The van der Waals surface area contributed by atoms with E-state index in [0.717, 1.165) is 24.5 Å². The van der Waals surface area contributed by atoms with Crippen molar-refractivity contribution in [1.82, 2.24) is 14.7 Å². The maximum atomic E-state index is 12.1. The minimum atomic E-state index is -0.802. The average molecular weight is 360 g/mol. The molecule has 2 aliphatic heterocycles. The first-order chi connectivity index (χ1) is 12.5. The molecule has 0 radical (unpaired) electrons. The Morgan fingerprint density at radius 2 is 1.77 bits per heavy atom. The maximum Gasteiger partial charge on any atom is 0.266 e. The van der Waals surface area contributed by atoms with Crippen LogP contribution in [0.5, 0.6) is 0 Å². The molecule has 3 heterocycles. The van der Waals surface area contributed by atoms with E-state index in [1.807, 2.05) is 6.92 Å². The van der Waals surface area contributed by atoms with Crippen LogP contribution in [0.1, 0.15) is 69.9 Å². The SMILES string of the molecule is Cc1ccc(=O)n(CC2(O)CC3CCCC(C2)N3CC2CCCCC2)n1. The smallest absolute Gasteiger partial charge is 0.266 e. The van der Waals surface area contributed by atoms with Crippen LogP contribution < -0.4 is 5.56 Å². The summed E-state index contributed by atoms with van der Waals surface area (Å²) in [5, 5.41) is 15.7. The zero-order valence-corrected chi connectivity index (χ0v) is 16.1. The van der Waals surface area contributed by atoms with E-state index in [1.54, 1.807) is 12.1 Å². The third-order valence-electron chi connectivity index (χ3n) is 6.88. The molecule has 5 heteroatoms. The Bertz CT molecular complexity index is 666. The highest BCUT2D eigenvalue weighted by molar-refractivity contribution is 5.02. The predicted octanol–water partition coefficient (Wildman–Crippen LogP) is 2.88. The van der Waals surface area contributed by atoms with Gasteiger partial charge in [-0.1, -0.05) is 25.7 Å². The Hall–Kier alpha value is -1.20. The normalized spacial score (nSPS) is 33.3. The van der Waals surface area contributed by atoms with Crippen molar-refractivity contribution in [2.45, 2.75) is 95.4 Å². The molecule has 0 aromatic carbocycles. The summed E-state index contributed by atoms with van der Waals surface area (Å²) >= 11 is 0. The monoisotopic (exact) mass is 359 g/mol. The predicted molar refractivity (Wildman–Crippen MR) is 102 cm³/mol. The Morgan fingerprint density at radius 1 is 1.08 bits per heavy atom. The highest BCUT2D eigenvalue weighted by Gasteiger charge is 2.46. The Balaban J connectivity index is 1.47. The second-order valence-corrected chi connectivity index (χ2v) is 9.04. The van der Waals surface area contributed by atoms with Gasteiger partial charge in [0.25, 0.3) is 5.56 Å². The topological polar surface area (TPSA) is 58.4 Å². The molecule has 1 aliphatic carbocycles. The van der Waals surface area contributed by atoms with Crippen LogP contribution in [0.3, 0.4) is 0 Å². The summed E-state index contributed by atoms with van der Waals surface area (Å²) in [7, 11) is 0. The van der Waals surface area contributed by atoms with E-state index in [4.69, 9.17) is 0 Å². The van der Waals surface area contributed by atoms with Gasteiger partial charge in [-0.2, -0.15) is 5.10 Å². The van der Waals surface area contributed by atoms with Crippen molar-refractivity contribution in [3.63, 3.8) is 0 Å². The van der Waals surface area contributed by atoms with Gasteiger partial charge in [-0.3, -0.25) is 9.69 Å². The lowest BCUT2D eigenvalue weighted by atomic mass is 9.74. The lowest BCUT2D eigenvalue weighted by molar-refractivity contribution is -0.106. The highest BCUT2D eigenvalue weighted by Crippen LogP contribution is 2.41. The number of aryl methyl sites for hydroxylation is 1. The summed E-state index contributed by atoms with van der Waals surface area (Å²) in [6, 6.07) is 4.24. The van der Waals surface area contributed by atoms with Crippen LogP contribution in [0, 0.1) is 12.8 Å². The Kier molecular flexibility index (Phi) is 5.20. The molecule has 2 atom stereocenters. The first-order valence-electron chi connectivity index (χ1n) is 10.6. The van der Waals surface area contributed by atoms with E-state index < -0.39 is 5.60 Å². The van der Waals surface area contributed by atoms with Gasteiger partial charge < -0.3 is 5.11 Å². The maximum absolute atomic E-state index is 12.1. The Morgan fingerprint density at radius 3 is 2.46 bits per heavy atom. The third-order valence-corrected chi connectivity index (χ3v) is 6.88. The molecular formula is C21H33N3O2. The summed E-state index contributed by atoms with van der Waals surface area (Å²) in [5.41, 5.74) is -0.0920. The molecule has 0 amide bonds. The Labute approximate surface area is 156 Å². The molecule has 1 N–H and O–H groups in total. The first-order valence-corrected chi connectivity index (χ1v) is 10.6. The molecule has 3 aliphatic rings. The molecule has 1 aromatic heterocycles. The summed E-state index contributed by atoms with van der Waals surface area (Å²) in [5.74, 6) is 0.846. The largest absolute Gasteiger partial charge is 0.388 e. The van der Waals surface area contributed by atoms with Gasteiger partial charge in [0, 0.05) is 24.7 Å². The zero-order chi connectivity index (χ0) is 18.1. The van der Waals surface area contributed by atoms with Crippen LogP contribution in [0.25, 0.3) is 0 Å². The van der Waals surface area contributed by atoms with Crippen LogP contribution in [0.2, 0.25) is 0 Å². The molecule has 2 bridgehead atoms. The number of fused-ring (bicyclic) bond motifs is 2. The van der Waals surface area contributed by atoms with Crippen molar-refractivity contribution in [3.8, 4) is 0 Å². The second-order valence-electron chi connectivity index (χ2n) is 9.04. The second kappa shape index (κ2) is 7.43. The standard InChI is InChI=1S/C21H33N3O2/c1-16-10-11-20(25)24(22-16)15-21(26)12-18-8-5-9-19(13-21)23(18)14-17-6-3-2-4-7-17/h10-11,17-19,26H,2-9,12-15H2,1H3. The van der Waals surface area contributed by atoms with E-state index in [9.17, 15) is 9.90 Å². The minimum Gasteiger partial charge on any atom is -0.388 e. The molecule has 5 nitrogen and oxygen atoms in total. The number of rotatable bonds is 4. The van der Waals surface area contributed by atoms with E-state index in [-0.39, 0.29) is 5.56 Å². The zero-order valence-electron chi connectivity index (χ0n) is 16.1. The van der Waals surface area contributed by atoms with E-state index in [0.29, 0.717) is 18.6 Å². The number of aliphatic hydroxyl groups is 1. The van der Waals surface area contributed by atoms with Crippen molar-refractivity contribution >= 4 is 0 Å². The number of hydrogen-bond donors (Lipinski definition) is 1. The molecule has 1 saturated carbocycles. The van der Waals surface area contributed by atoms with Crippen LogP contribution >= 0.6 is 0 Å². The fourth-order valence-corrected chi connectivity index (χ4v) is 5.66. The fraction of sp³-hybridized carbons (Fsp3) is 0.810. The summed E-state index contributed by atoms with van der Waals surface area (Å²) in [6.07, 6.45) is 12.1. The van der Waals surface area contributed by atoms with Crippen molar-refractivity contribution in [1.29, 1.82) is 0 Å². The molecule has 3 fully saturated rings. The van der Waals surface area contributed by atoms with Gasteiger partial charge in [0.1, 0.15) is 0 Å². The van der Waals surface area contributed by atoms with E-state index >= 15 is 0 Å². The van der Waals surface area contributed by atoms with Crippen LogP contribution in [-0.2, 0) is 6.54 Å². The van der Waals surface area contributed by atoms with E-state index in [1.165, 1.54) is 62.6 Å². The van der Waals surface area contributed by atoms with E-state index in [2.05, 4.69) is 10.00 Å². The van der Waals surface area contributed by atoms with Crippen LogP contribution in [0.4, 0.5) is 0 Å². The number of hydrogen-bond acceptors (Lipinski definition) is 4. The quantitative estimate of drug-likeness (QED) is 0.898. The lowest BCUT2D eigenvalue weighted by Gasteiger charge is -2.53. The van der Waals surface area contributed by atoms with Gasteiger partial charge in [-0.05, 0) is 57.4 Å². The van der Waals surface area contributed by atoms with Gasteiger partial charge in [0.05, 0.1) is 17.8 Å². The molecule has 2 saturated heterocycles. The number of piperidine rings is 2. The molecule has 26 heavy (non-hydrogen) atoms. The summed E-state index contributed by atoms with van der Waals surface area (Å²) in [6.45, 7) is 3.44. The van der Waals surface area contributed by atoms with Gasteiger partial charge in [-0.25, -0.2) is 4.68 Å². The van der Waals surface area contributed by atoms with Gasteiger partial charge in [0.2, 0.25) is 0 Å². The summed E-state index contributed by atoms with van der Waals surface area (Å²) < 4.78 is 1.47. The van der Waals surface area contributed by atoms with Crippen molar-refractivity contribution < 1.29 is 5.11 Å². The van der Waals surface area contributed by atoms with Gasteiger partial charge in [0.15, 0.2) is 0 Å². The highest BCUT2D eigenvalue weighted by atomic mass is 16.3. The van der Waals surface area contributed by atoms with Gasteiger partial charge >= 0.3 is 0 Å². The molecule has 1 aromatic rings. The lowest BCUT2D eigenvalue weighted by Crippen LogP contribution is -2.60. The molecule has 144 valence electrons. The third kappa shape index (κ3) is 3.89. The van der Waals surface area contributed by atoms with Crippen molar-refractivity contribution in [2.75, 3.05) is 6.54 Å². The molecule has 0 spiro atoms. The fourth-order valence-electron chi connectivity index (χ4n) is 5.66. The van der Waals surface area contributed by atoms with Gasteiger partial charge in [-0.15, -0.1) is 0 Å². The molecular weight excluding hydrogens is 326 g/mol. The van der Waals surface area contributed by atoms with Crippen LogP contribution in [0.15, 0.2) is 16.9 Å². The first kappa shape index (κ1) is 18.2. The molecule has 4 rings (SSSR count). The number of aromatic nitrogens is 2. The van der Waals surface area contributed by atoms with Crippen molar-refractivity contribution in [3.05, 3.63) is 28.2 Å². The average Bonchev–Trinajstić information content (AvgIpc) is 2.60. The van der Waals surface area contributed by atoms with Crippen LogP contribution in [-0.4, -0.2) is 44.0 Å². The molecule has 2 unspecified atom stereocenters. The van der Waals surface area contributed by atoms with Crippen molar-refractivity contribution in [2.24, 2.45) is 5.92 Å².